The van der Waals surface area contributed by atoms with E-state index in [4.69, 9.17) is 0 Å². The summed E-state index contributed by atoms with van der Waals surface area (Å²) in [6, 6.07) is 28.6. The van der Waals surface area contributed by atoms with Gasteiger partial charge in [-0.25, -0.2) is 0 Å². The molecule has 0 spiro atoms. The SMILES string of the molecule is O=C(NC1CCN(Cc2ccccc2)C1)c1ccccc1-c1ccccc1. The summed E-state index contributed by atoms with van der Waals surface area (Å²) >= 11 is 0. The van der Waals surface area contributed by atoms with Crippen LogP contribution in [0.3, 0.4) is 0 Å². The van der Waals surface area contributed by atoms with Crippen molar-refractivity contribution in [1.82, 2.24) is 10.2 Å². The second-order valence-corrected chi connectivity index (χ2v) is 7.09. The molecule has 1 aliphatic rings. The first-order valence-electron chi connectivity index (χ1n) is 9.51. The second kappa shape index (κ2) is 8.19. The Balaban J connectivity index is 1.42. The molecule has 3 aromatic carbocycles. The number of carbonyl (C=O) groups is 1. The molecule has 1 atom stereocenters. The van der Waals surface area contributed by atoms with Gasteiger partial charge in [-0.1, -0.05) is 78.9 Å². The van der Waals surface area contributed by atoms with Crippen molar-refractivity contribution in [1.29, 1.82) is 0 Å². The smallest absolute Gasteiger partial charge is 0.252 e. The quantitative estimate of drug-likeness (QED) is 0.737. The third-order valence-corrected chi connectivity index (χ3v) is 5.11. The van der Waals surface area contributed by atoms with Crippen LogP contribution >= 0.6 is 0 Å². The maximum Gasteiger partial charge on any atom is 0.252 e. The van der Waals surface area contributed by atoms with E-state index in [9.17, 15) is 4.79 Å². The first-order valence-corrected chi connectivity index (χ1v) is 9.51. The molecule has 1 amide bonds. The van der Waals surface area contributed by atoms with Crippen molar-refractivity contribution in [3.8, 4) is 11.1 Å². The Kier molecular flexibility index (Phi) is 5.31. The molecule has 1 unspecified atom stereocenters. The number of carbonyl (C=O) groups excluding carboxylic acids is 1. The highest BCUT2D eigenvalue weighted by molar-refractivity contribution is 6.01. The minimum absolute atomic E-state index is 0.0148. The van der Waals surface area contributed by atoms with E-state index in [1.165, 1.54) is 5.56 Å². The molecule has 0 saturated carbocycles. The maximum atomic E-state index is 12.9. The number of benzene rings is 3. The Labute approximate surface area is 160 Å². The van der Waals surface area contributed by atoms with E-state index < -0.39 is 0 Å². The average molecular weight is 356 g/mol. The zero-order valence-corrected chi connectivity index (χ0v) is 15.3. The summed E-state index contributed by atoms with van der Waals surface area (Å²) in [5.41, 5.74) is 4.11. The Morgan fingerprint density at radius 3 is 2.33 bits per heavy atom. The van der Waals surface area contributed by atoms with Crippen LogP contribution in [0.1, 0.15) is 22.3 Å². The number of hydrogen-bond donors (Lipinski definition) is 1. The fourth-order valence-electron chi connectivity index (χ4n) is 3.75. The minimum atomic E-state index is 0.0148. The molecular weight excluding hydrogens is 332 g/mol. The third kappa shape index (κ3) is 4.26. The van der Waals surface area contributed by atoms with Crippen LogP contribution in [-0.4, -0.2) is 29.9 Å². The van der Waals surface area contributed by atoms with Crippen LogP contribution in [0.4, 0.5) is 0 Å². The molecule has 1 aliphatic heterocycles. The molecule has 27 heavy (non-hydrogen) atoms. The van der Waals surface area contributed by atoms with Gasteiger partial charge in [0, 0.05) is 31.2 Å². The number of amides is 1. The standard InChI is InChI=1S/C24H24N2O/c27-24(23-14-8-7-13-22(23)20-11-5-2-6-12-20)25-21-15-16-26(18-21)17-19-9-3-1-4-10-19/h1-14,21H,15-18H2,(H,25,27). The van der Waals surface area contributed by atoms with Gasteiger partial charge >= 0.3 is 0 Å². The highest BCUT2D eigenvalue weighted by Gasteiger charge is 2.25. The fourth-order valence-corrected chi connectivity index (χ4v) is 3.75. The summed E-state index contributed by atoms with van der Waals surface area (Å²) in [5, 5.41) is 3.24. The van der Waals surface area contributed by atoms with Gasteiger partial charge in [-0.15, -0.1) is 0 Å². The highest BCUT2D eigenvalue weighted by atomic mass is 16.1. The lowest BCUT2D eigenvalue weighted by Crippen LogP contribution is -2.37. The first kappa shape index (κ1) is 17.5. The van der Waals surface area contributed by atoms with Crippen molar-refractivity contribution in [2.75, 3.05) is 13.1 Å². The normalized spacial score (nSPS) is 17.0. The predicted octanol–water partition coefficient (Wildman–Crippen LogP) is 4.36. The molecule has 0 radical (unpaired) electrons. The molecule has 4 rings (SSSR count). The molecule has 1 heterocycles. The van der Waals surface area contributed by atoms with E-state index >= 15 is 0 Å². The molecule has 3 aromatic rings. The van der Waals surface area contributed by atoms with E-state index in [0.29, 0.717) is 0 Å². The Morgan fingerprint density at radius 1 is 0.889 bits per heavy atom. The van der Waals surface area contributed by atoms with Crippen LogP contribution in [0.15, 0.2) is 84.9 Å². The van der Waals surface area contributed by atoms with Crippen molar-refractivity contribution >= 4 is 5.91 Å². The lowest BCUT2D eigenvalue weighted by molar-refractivity contribution is 0.0938. The number of rotatable bonds is 5. The van der Waals surface area contributed by atoms with Crippen molar-refractivity contribution in [2.45, 2.75) is 19.0 Å². The lowest BCUT2D eigenvalue weighted by atomic mass is 9.99. The molecule has 1 saturated heterocycles. The molecule has 136 valence electrons. The van der Waals surface area contributed by atoms with Crippen LogP contribution in [0.2, 0.25) is 0 Å². The zero-order chi connectivity index (χ0) is 18.5. The number of nitrogens with zero attached hydrogens (tertiary/aromatic N) is 1. The molecular formula is C24H24N2O. The number of likely N-dealkylation sites (tertiary alicyclic amines) is 1. The third-order valence-electron chi connectivity index (χ3n) is 5.11. The fraction of sp³-hybridized carbons (Fsp3) is 0.208. The van der Waals surface area contributed by atoms with Crippen molar-refractivity contribution in [2.24, 2.45) is 0 Å². The summed E-state index contributed by atoms with van der Waals surface area (Å²) in [7, 11) is 0. The van der Waals surface area contributed by atoms with Gasteiger partial charge in [0.25, 0.3) is 5.91 Å². The largest absolute Gasteiger partial charge is 0.348 e. The lowest BCUT2D eigenvalue weighted by Gasteiger charge is -2.17. The van der Waals surface area contributed by atoms with Crippen molar-refractivity contribution < 1.29 is 4.79 Å². The summed E-state index contributed by atoms with van der Waals surface area (Å²) < 4.78 is 0. The van der Waals surface area contributed by atoms with Crippen LogP contribution in [0.25, 0.3) is 11.1 Å². The summed E-state index contributed by atoms with van der Waals surface area (Å²) in [6.07, 6.45) is 0.992. The first-order chi connectivity index (χ1) is 13.3. The molecule has 0 aromatic heterocycles. The topological polar surface area (TPSA) is 32.3 Å². The number of nitrogens with one attached hydrogen (secondary N) is 1. The van der Waals surface area contributed by atoms with Crippen LogP contribution in [-0.2, 0) is 6.54 Å². The molecule has 0 bridgehead atoms. The van der Waals surface area contributed by atoms with Crippen molar-refractivity contribution in [3.05, 3.63) is 96.1 Å². The minimum Gasteiger partial charge on any atom is -0.348 e. The second-order valence-electron chi connectivity index (χ2n) is 7.09. The summed E-state index contributed by atoms with van der Waals surface area (Å²) in [5.74, 6) is 0.0148. The summed E-state index contributed by atoms with van der Waals surface area (Å²) in [4.78, 5) is 15.3. The molecule has 3 nitrogen and oxygen atoms in total. The van der Waals surface area contributed by atoms with Gasteiger partial charge in [0.15, 0.2) is 0 Å². The monoisotopic (exact) mass is 356 g/mol. The highest BCUT2D eigenvalue weighted by Crippen LogP contribution is 2.24. The van der Waals surface area contributed by atoms with E-state index in [1.807, 2.05) is 60.7 Å². The van der Waals surface area contributed by atoms with Crippen LogP contribution < -0.4 is 5.32 Å². The van der Waals surface area contributed by atoms with E-state index in [0.717, 1.165) is 42.7 Å². The maximum absolute atomic E-state index is 12.9. The van der Waals surface area contributed by atoms with E-state index in [2.05, 4.69) is 34.5 Å². The molecule has 0 aliphatic carbocycles. The summed E-state index contributed by atoms with van der Waals surface area (Å²) in [6.45, 7) is 2.85. The van der Waals surface area contributed by atoms with Crippen molar-refractivity contribution in [3.63, 3.8) is 0 Å². The zero-order valence-electron chi connectivity index (χ0n) is 15.3. The Hall–Kier alpha value is -2.91. The molecule has 1 N–H and O–H groups in total. The van der Waals surface area contributed by atoms with Gasteiger partial charge in [0.1, 0.15) is 0 Å². The van der Waals surface area contributed by atoms with Crippen LogP contribution in [0.5, 0.6) is 0 Å². The van der Waals surface area contributed by atoms with Gasteiger partial charge in [-0.05, 0) is 29.2 Å². The van der Waals surface area contributed by atoms with Crippen LogP contribution in [0, 0.1) is 0 Å². The number of hydrogen-bond acceptors (Lipinski definition) is 2. The van der Waals surface area contributed by atoms with Gasteiger partial charge < -0.3 is 5.32 Å². The average Bonchev–Trinajstić information content (AvgIpc) is 3.16. The van der Waals surface area contributed by atoms with Gasteiger partial charge in [-0.2, -0.15) is 0 Å². The molecule has 3 heteroatoms. The molecule has 1 fully saturated rings. The Bertz CT molecular complexity index is 893. The van der Waals surface area contributed by atoms with Gasteiger partial charge in [0.2, 0.25) is 0 Å². The van der Waals surface area contributed by atoms with Gasteiger partial charge in [0.05, 0.1) is 0 Å². The van der Waals surface area contributed by atoms with Gasteiger partial charge in [-0.3, -0.25) is 9.69 Å². The van der Waals surface area contributed by atoms with E-state index in [1.54, 1.807) is 0 Å². The Morgan fingerprint density at radius 2 is 1.56 bits per heavy atom. The van der Waals surface area contributed by atoms with E-state index in [-0.39, 0.29) is 11.9 Å². The predicted molar refractivity (Wildman–Crippen MR) is 109 cm³/mol.